The number of amides is 1. The largest absolute Gasteiger partial charge is 0.399 e. The highest BCUT2D eigenvalue weighted by molar-refractivity contribution is 5.96. The van der Waals surface area contributed by atoms with Gasteiger partial charge in [0.2, 0.25) is 0 Å². The molecule has 1 aliphatic rings. The highest BCUT2D eigenvalue weighted by Crippen LogP contribution is 2.13. The first-order chi connectivity index (χ1) is 10.5. The summed E-state index contributed by atoms with van der Waals surface area (Å²) in [7, 11) is 0. The lowest BCUT2D eigenvalue weighted by Gasteiger charge is -2.34. The van der Waals surface area contributed by atoms with Crippen LogP contribution in [-0.4, -0.2) is 49.7 Å². The lowest BCUT2D eigenvalue weighted by molar-refractivity contribution is -0.0295. The Morgan fingerprint density at radius 2 is 2.27 bits per heavy atom. The van der Waals surface area contributed by atoms with Crippen LogP contribution in [0, 0.1) is 12.8 Å². The van der Waals surface area contributed by atoms with Crippen LogP contribution >= 0.6 is 0 Å². The first-order valence-corrected chi connectivity index (χ1v) is 7.94. The van der Waals surface area contributed by atoms with Crippen LogP contribution in [0.3, 0.4) is 0 Å². The van der Waals surface area contributed by atoms with Gasteiger partial charge in [0, 0.05) is 37.4 Å². The van der Waals surface area contributed by atoms with Crippen molar-refractivity contribution in [2.75, 3.05) is 38.5 Å². The number of nitrogens with two attached hydrogens (primary N) is 1. The van der Waals surface area contributed by atoms with E-state index in [1.165, 1.54) is 0 Å². The average molecular weight is 305 g/mol. The van der Waals surface area contributed by atoms with Gasteiger partial charge in [-0.2, -0.15) is 0 Å². The van der Waals surface area contributed by atoms with Crippen molar-refractivity contribution in [2.45, 2.75) is 26.9 Å². The van der Waals surface area contributed by atoms with Crippen LogP contribution in [-0.2, 0) is 4.74 Å². The first kappa shape index (κ1) is 16.8. The van der Waals surface area contributed by atoms with E-state index in [1.807, 2.05) is 13.0 Å². The molecule has 3 N–H and O–H groups in total. The number of aryl methyl sites for hydroxylation is 1. The van der Waals surface area contributed by atoms with E-state index < -0.39 is 0 Å². The Kier molecular flexibility index (Phi) is 5.80. The molecule has 1 aromatic carbocycles. The second-order valence-corrected chi connectivity index (χ2v) is 6.43. The van der Waals surface area contributed by atoms with Crippen LogP contribution < -0.4 is 11.1 Å². The summed E-state index contributed by atoms with van der Waals surface area (Å²) in [6.07, 6.45) is 0.0535. The van der Waals surface area contributed by atoms with Gasteiger partial charge in [0.25, 0.3) is 5.91 Å². The second-order valence-electron chi connectivity index (χ2n) is 6.43. The van der Waals surface area contributed by atoms with Crippen LogP contribution in [0.15, 0.2) is 18.2 Å². The number of hydrogen-bond acceptors (Lipinski definition) is 4. The normalized spacial score (nSPS) is 19.4. The molecule has 1 saturated heterocycles. The molecule has 1 aromatic rings. The molecule has 0 radical (unpaired) electrons. The monoisotopic (exact) mass is 305 g/mol. The van der Waals surface area contributed by atoms with Crippen molar-refractivity contribution in [2.24, 2.45) is 5.92 Å². The number of morpholine rings is 1. The predicted molar refractivity (Wildman–Crippen MR) is 88.9 cm³/mol. The maximum Gasteiger partial charge on any atom is 0.251 e. The standard InChI is InChI=1S/C17H27N3O2/c1-12(2)10-20-6-7-22-15(11-20)9-19-17(21)16-8-14(18)5-4-13(16)3/h4-5,8,12,15H,6-7,9-11,18H2,1-3H3,(H,19,21). The third kappa shape index (κ3) is 4.71. The number of hydrogen-bond donors (Lipinski definition) is 2. The lowest BCUT2D eigenvalue weighted by Crippen LogP contribution is -2.48. The van der Waals surface area contributed by atoms with Gasteiger partial charge in [-0.05, 0) is 30.5 Å². The number of ether oxygens (including phenoxy) is 1. The molecule has 0 spiro atoms. The molecule has 22 heavy (non-hydrogen) atoms. The van der Waals surface area contributed by atoms with Crippen LogP contribution in [0.2, 0.25) is 0 Å². The van der Waals surface area contributed by atoms with Gasteiger partial charge in [0.1, 0.15) is 0 Å². The summed E-state index contributed by atoms with van der Waals surface area (Å²) < 4.78 is 5.75. The van der Waals surface area contributed by atoms with Crippen molar-refractivity contribution < 1.29 is 9.53 Å². The van der Waals surface area contributed by atoms with Gasteiger partial charge < -0.3 is 15.8 Å². The van der Waals surface area contributed by atoms with Gasteiger partial charge in [0.05, 0.1) is 12.7 Å². The van der Waals surface area contributed by atoms with E-state index in [9.17, 15) is 4.79 Å². The fourth-order valence-corrected chi connectivity index (χ4v) is 2.77. The Morgan fingerprint density at radius 3 is 3.00 bits per heavy atom. The van der Waals surface area contributed by atoms with E-state index in [2.05, 4.69) is 24.1 Å². The van der Waals surface area contributed by atoms with Gasteiger partial charge in [-0.25, -0.2) is 0 Å². The second kappa shape index (κ2) is 7.61. The molecule has 122 valence electrons. The SMILES string of the molecule is Cc1ccc(N)cc1C(=O)NCC1CN(CC(C)C)CCO1. The number of nitrogens with one attached hydrogen (secondary N) is 1. The molecular weight excluding hydrogens is 278 g/mol. The van der Waals surface area contributed by atoms with Crippen molar-refractivity contribution in [1.82, 2.24) is 10.2 Å². The smallest absolute Gasteiger partial charge is 0.251 e. The molecule has 0 saturated carbocycles. The number of nitrogens with zero attached hydrogens (tertiary/aromatic N) is 1. The number of benzene rings is 1. The Labute approximate surface area is 132 Å². The zero-order valence-electron chi connectivity index (χ0n) is 13.8. The van der Waals surface area contributed by atoms with Gasteiger partial charge in [-0.3, -0.25) is 9.69 Å². The zero-order valence-corrected chi connectivity index (χ0v) is 13.8. The van der Waals surface area contributed by atoms with Gasteiger partial charge in [0.15, 0.2) is 0 Å². The molecule has 1 aliphatic heterocycles. The van der Waals surface area contributed by atoms with Crippen LogP contribution in [0.5, 0.6) is 0 Å². The van der Waals surface area contributed by atoms with E-state index in [-0.39, 0.29) is 12.0 Å². The minimum Gasteiger partial charge on any atom is -0.399 e. The van der Waals surface area contributed by atoms with E-state index in [4.69, 9.17) is 10.5 Å². The van der Waals surface area contributed by atoms with Crippen molar-refractivity contribution in [3.05, 3.63) is 29.3 Å². The lowest BCUT2D eigenvalue weighted by atomic mass is 10.1. The molecule has 1 atom stereocenters. The average Bonchev–Trinajstić information content (AvgIpc) is 2.47. The highest BCUT2D eigenvalue weighted by Gasteiger charge is 2.21. The summed E-state index contributed by atoms with van der Waals surface area (Å²) in [4.78, 5) is 14.7. The number of anilines is 1. The van der Waals surface area contributed by atoms with E-state index >= 15 is 0 Å². The molecule has 1 unspecified atom stereocenters. The summed E-state index contributed by atoms with van der Waals surface area (Å²) in [5.74, 6) is 0.553. The summed E-state index contributed by atoms with van der Waals surface area (Å²) >= 11 is 0. The van der Waals surface area contributed by atoms with Crippen LogP contribution in [0.4, 0.5) is 5.69 Å². The third-order valence-corrected chi connectivity index (χ3v) is 3.84. The zero-order chi connectivity index (χ0) is 16.1. The van der Waals surface area contributed by atoms with E-state index in [0.717, 1.165) is 31.8 Å². The molecule has 0 bridgehead atoms. The molecule has 1 amide bonds. The van der Waals surface area contributed by atoms with Crippen LogP contribution in [0.1, 0.15) is 29.8 Å². The molecule has 1 fully saturated rings. The van der Waals surface area contributed by atoms with Crippen molar-refractivity contribution in [3.63, 3.8) is 0 Å². The minimum absolute atomic E-state index is 0.0535. The molecular formula is C17H27N3O2. The van der Waals surface area contributed by atoms with Crippen molar-refractivity contribution >= 4 is 11.6 Å². The van der Waals surface area contributed by atoms with E-state index in [0.29, 0.717) is 23.7 Å². The number of nitrogen functional groups attached to an aromatic ring is 1. The Hall–Kier alpha value is -1.59. The van der Waals surface area contributed by atoms with Gasteiger partial charge in [-0.1, -0.05) is 19.9 Å². The predicted octanol–water partition coefficient (Wildman–Crippen LogP) is 1.66. The fourth-order valence-electron chi connectivity index (χ4n) is 2.77. The number of carbonyl (C=O) groups is 1. The van der Waals surface area contributed by atoms with Crippen molar-refractivity contribution in [3.8, 4) is 0 Å². The summed E-state index contributed by atoms with van der Waals surface area (Å²) in [6.45, 7) is 10.5. The topological polar surface area (TPSA) is 67.6 Å². The third-order valence-electron chi connectivity index (χ3n) is 3.84. The minimum atomic E-state index is -0.0885. The Morgan fingerprint density at radius 1 is 1.50 bits per heavy atom. The Balaban J connectivity index is 1.86. The van der Waals surface area contributed by atoms with E-state index in [1.54, 1.807) is 12.1 Å². The molecule has 0 aromatic heterocycles. The molecule has 0 aliphatic carbocycles. The van der Waals surface area contributed by atoms with Crippen LogP contribution in [0.25, 0.3) is 0 Å². The number of carbonyl (C=O) groups excluding carboxylic acids is 1. The summed E-state index contributed by atoms with van der Waals surface area (Å²) in [5.41, 5.74) is 7.92. The Bertz CT molecular complexity index is 517. The maximum absolute atomic E-state index is 12.3. The highest BCUT2D eigenvalue weighted by atomic mass is 16.5. The maximum atomic E-state index is 12.3. The quantitative estimate of drug-likeness (QED) is 0.812. The number of rotatable bonds is 5. The fraction of sp³-hybridized carbons (Fsp3) is 0.588. The molecule has 1 heterocycles. The summed E-state index contributed by atoms with van der Waals surface area (Å²) in [6, 6.07) is 5.39. The summed E-state index contributed by atoms with van der Waals surface area (Å²) in [5, 5.41) is 2.96. The molecule has 2 rings (SSSR count). The molecule has 5 heteroatoms. The van der Waals surface area contributed by atoms with Gasteiger partial charge in [-0.15, -0.1) is 0 Å². The van der Waals surface area contributed by atoms with Crippen molar-refractivity contribution in [1.29, 1.82) is 0 Å². The first-order valence-electron chi connectivity index (χ1n) is 7.94. The van der Waals surface area contributed by atoms with Gasteiger partial charge >= 0.3 is 0 Å². The molecule has 5 nitrogen and oxygen atoms in total.